The monoisotopic (exact) mass is 279 g/mol. The third-order valence-electron chi connectivity index (χ3n) is 3.60. The first-order valence-corrected chi connectivity index (χ1v) is 6.83. The number of nitrogens with zero attached hydrogens (tertiary/aromatic N) is 1. The lowest BCUT2D eigenvalue weighted by Gasteiger charge is -2.28. The number of hydrogen-bond donors (Lipinski definition) is 2. The zero-order chi connectivity index (χ0) is 14.4. The summed E-state index contributed by atoms with van der Waals surface area (Å²) < 4.78 is 11.2. The molecule has 1 saturated carbocycles. The molecule has 1 amide bonds. The van der Waals surface area contributed by atoms with E-state index in [0.29, 0.717) is 18.3 Å². The average Bonchev–Trinajstić information content (AvgIpc) is 2.53. The minimum atomic E-state index is -0.347. The van der Waals surface area contributed by atoms with Gasteiger partial charge >= 0.3 is 0 Å². The summed E-state index contributed by atoms with van der Waals surface area (Å²) in [6.45, 7) is 0.450. The molecule has 1 fully saturated rings. The van der Waals surface area contributed by atoms with Crippen LogP contribution < -0.4 is 11.3 Å². The maximum Gasteiger partial charge on any atom is 0.266 e. The first-order chi connectivity index (χ1) is 9.72. The van der Waals surface area contributed by atoms with E-state index in [2.05, 4.69) is 10.4 Å². The summed E-state index contributed by atoms with van der Waals surface area (Å²) in [4.78, 5) is 15.5. The van der Waals surface area contributed by atoms with Crippen molar-refractivity contribution < 1.29 is 14.3 Å². The van der Waals surface area contributed by atoms with E-state index in [9.17, 15) is 4.79 Å². The predicted molar refractivity (Wildman–Crippen MR) is 73.7 cm³/mol. The Morgan fingerprint density at radius 3 is 2.90 bits per heavy atom. The van der Waals surface area contributed by atoms with Gasteiger partial charge in [0.1, 0.15) is 0 Å². The Kier molecular flexibility index (Phi) is 5.46. The van der Waals surface area contributed by atoms with Gasteiger partial charge in [0.25, 0.3) is 5.91 Å². The Balaban J connectivity index is 1.83. The zero-order valence-corrected chi connectivity index (χ0v) is 11.7. The van der Waals surface area contributed by atoms with Gasteiger partial charge in [-0.1, -0.05) is 0 Å². The number of nitrogens with one attached hydrogen (secondary N) is 1. The Morgan fingerprint density at radius 1 is 1.45 bits per heavy atom. The van der Waals surface area contributed by atoms with Crippen LogP contribution >= 0.6 is 0 Å². The summed E-state index contributed by atoms with van der Waals surface area (Å²) >= 11 is 0. The largest absolute Gasteiger partial charge is 0.381 e. The van der Waals surface area contributed by atoms with Crippen LogP contribution in [0.15, 0.2) is 18.3 Å². The van der Waals surface area contributed by atoms with Gasteiger partial charge in [0.05, 0.1) is 30.1 Å². The Labute approximate surface area is 118 Å². The lowest BCUT2D eigenvalue weighted by atomic mass is 9.95. The quantitative estimate of drug-likeness (QED) is 0.480. The van der Waals surface area contributed by atoms with Crippen molar-refractivity contribution in [3.05, 3.63) is 29.6 Å². The number of hydrazine groups is 1. The van der Waals surface area contributed by atoms with Crippen LogP contribution in [0.5, 0.6) is 0 Å². The molecule has 2 unspecified atom stereocenters. The summed E-state index contributed by atoms with van der Waals surface area (Å²) in [7, 11) is 1.75. The van der Waals surface area contributed by atoms with E-state index in [4.69, 9.17) is 15.3 Å². The van der Waals surface area contributed by atoms with Gasteiger partial charge in [-0.2, -0.15) is 0 Å². The van der Waals surface area contributed by atoms with Crippen molar-refractivity contribution in [2.24, 2.45) is 5.84 Å². The molecular weight excluding hydrogens is 258 g/mol. The molecule has 1 aromatic heterocycles. The number of ether oxygens (including phenoxy) is 2. The zero-order valence-electron chi connectivity index (χ0n) is 11.7. The molecule has 110 valence electrons. The molecule has 0 aliphatic heterocycles. The van der Waals surface area contributed by atoms with E-state index in [1.54, 1.807) is 19.2 Å². The van der Waals surface area contributed by atoms with Crippen molar-refractivity contribution in [1.29, 1.82) is 0 Å². The highest BCUT2D eigenvalue weighted by Gasteiger charge is 2.22. The fourth-order valence-electron chi connectivity index (χ4n) is 2.40. The molecule has 0 spiro atoms. The molecule has 6 nitrogen and oxygen atoms in total. The van der Waals surface area contributed by atoms with Gasteiger partial charge < -0.3 is 9.47 Å². The first kappa shape index (κ1) is 14.9. The fourth-order valence-corrected chi connectivity index (χ4v) is 2.40. The first-order valence-electron chi connectivity index (χ1n) is 6.83. The van der Waals surface area contributed by atoms with Gasteiger partial charge in [0.2, 0.25) is 0 Å². The third-order valence-corrected chi connectivity index (χ3v) is 3.60. The summed E-state index contributed by atoms with van der Waals surface area (Å²) in [5, 5.41) is 0. The minimum absolute atomic E-state index is 0.225. The van der Waals surface area contributed by atoms with E-state index >= 15 is 0 Å². The number of hydrogen-bond acceptors (Lipinski definition) is 5. The summed E-state index contributed by atoms with van der Waals surface area (Å²) in [6, 6.07) is 3.47. The van der Waals surface area contributed by atoms with Crippen LogP contribution in [0.25, 0.3) is 0 Å². The molecule has 0 aromatic carbocycles. The van der Waals surface area contributed by atoms with Crippen LogP contribution in [0.3, 0.4) is 0 Å². The summed E-state index contributed by atoms with van der Waals surface area (Å²) in [5.74, 6) is 4.71. The highest BCUT2D eigenvalue weighted by molar-refractivity contribution is 5.93. The molecule has 2 atom stereocenters. The number of amides is 1. The highest BCUT2D eigenvalue weighted by atomic mass is 16.5. The van der Waals surface area contributed by atoms with Crippen molar-refractivity contribution in [2.75, 3.05) is 7.11 Å². The van der Waals surface area contributed by atoms with Gasteiger partial charge in [-0.3, -0.25) is 15.2 Å². The van der Waals surface area contributed by atoms with E-state index in [-0.39, 0.29) is 12.0 Å². The van der Waals surface area contributed by atoms with Crippen molar-refractivity contribution in [1.82, 2.24) is 10.4 Å². The molecule has 1 aliphatic rings. The standard InChI is InChI=1S/C14H21N3O3/c1-19-12-3-2-4-13(7-12)20-9-11-6-5-10(8-16-11)14(18)17-15/h5-6,8,12-13H,2-4,7,9,15H2,1H3,(H,17,18). The van der Waals surface area contributed by atoms with Gasteiger partial charge in [-0.05, 0) is 37.8 Å². The second-order valence-corrected chi connectivity index (χ2v) is 4.97. The van der Waals surface area contributed by atoms with Crippen molar-refractivity contribution in [2.45, 2.75) is 44.5 Å². The second kappa shape index (κ2) is 7.33. The number of rotatable bonds is 5. The van der Waals surface area contributed by atoms with Crippen LogP contribution in [0.2, 0.25) is 0 Å². The Bertz CT molecular complexity index is 436. The molecule has 0 bridgehead atoms. The minimum Gasteiger partial charge on any atom is -0.381 e. The summed E-state index contributed by atoms with van der Waals surface area (Å²) in [6.07, 6.45) is 6.26. The van der Waals surface area contributed by atoms with Gasteiger partial charge in [0, 0.05) is 13.3 Å². The summed E-state index contributed by atoms with van der Waals surface area (Å²) in [5.41, 5.74) is 3.31. The van der Waals surface area contributed by atoms with E-state index < -0.39 is 0 Å². The molecule has 20 heavy (non-hydrogen) atoms. The molecule has 3 N–H and O–H groups in total. The Morgan fingerprint density at radius 2 is 2.25 bits per heavy atom. The molecule has 1 heterocycles. The van der Waals surface area contributed by atoms with Gasteiger partial charge in [0.15, 0.2) is 0 Å². The smallest absolute Gasteiger partial charge is 0.266 e. The molecule has 1 aliphatic carbocycles. The maximum atomic E-state index is 11.3. The Hall–Kier alpha value is -1.50. The topological polar surface area (TPSA) is 86.5 Å². The third kappa shape index (κ3) is 4.00. The number of aromatic nitrogens is 1. The van der Waals surface area contributed by atoms with Crippen molar-refractivity contribution in [3.8, 4) is 0 Å². The molecule has 0 saturated heterocycles. The fraction of sp³-hybridized carbons (Fsp3) is 0.571. The van der Waals surface area contributed by atoms with Crippen molar-refractivity contribution in [3.63, 3.8) is 0 Å². The maximum absolute atomic E-state index is 11.3. The number of nitrogen functional groups attached to an aromatic ring is 1. The predicted octanol–water partition coefficient (Wildman–Crippen LogP) is 1.16. The van der Waals surface area contributed by atoms with Gasteiger partial charge in [-0.15, -0.1) is 0 Å². The number of methoxy groups -OCH3 is 1. The van der Waals surface area contributed by atoms with Crippen LogP contribution in [0.4, 0.5) is 0 Å². The van der Waals surface area contributed by atoms with Gasteiger partial charge in [-0.25, -0.2) is 5.84 Å². The van der Waals surface area contributed by atoms with Crippen LogP contribution in [-0.4, -0.2) is 30.2 Å². The molecule has 6 heteroatoms. The second-order valence-electron chi connectivity index (χ2n) is 4.97. The van der Waals surface area contributed by atoms with Crippen LogP contribution in [-0.2, 0) is 16.1 Å². The normalized spacial score (nSPS) is 22.5. The van der Waals surface area contributed by atoms with E-state index in [1.807, 2.05) is 0 Å². The molecule has 0 radical (unpaired) electrons. The number of pyridine rings is 1. The molecule has 1 aromatic rings. The van der Waals surface area contributed by atoms with Crippen molar-refractivity contribution >= 4 is 5.91 Å². The lowest BCUT2D eigenvalue weighted by molar-refractivity contribution is -0.0372. The lowest BCUT2D eigenvalue weighted by Crippen LogP contribution is -2.30. The SMILES string of the molecule is COC1CCCC(OCc2ccc(C(=O)NN)cn2)C1. The number of carbonyl (C=O) groups excluding carboxylic acids is 1. The molecule has 2 rings (SSSR count). The van der Waals surface area contributed by atoms with E-state index in [0.717, 1.165) is 31.4 Å². The average molecular weight is 279 g/mol. The molecular formula is C14H21N3O3. The van der Waals surface area contributed by atoms with Crippen LogP contribution in [0.1, 0.15) is 41.7 Å². The number of carbonyl (C=O) groups is 1. The van der Waals surface area contributed by atoms with E-state index in [1.165, 1.54) is 6.20 Å². The van der Waals surface area contributed by atoms with Crippen LogP contribution in [0, 0.1) is 0 Å². The number of nitrogens with two attached hydrogens (primary N) is 1. The highest BCUT2D eigenvalue weighted by Crippen LogP contribution is 2.23.